The van der Waals surface area contributed by atoms with Crippen LogP contribution in [0.1, 0.15) is 32.3 Å². The molecule has 0 aromatic heterocycles. The van der Waals surface area contributed by atoms with Crippen molar-refractivity contribution in [1.82, 2.24) is 10.4 Å². The van der Waals surface area contributed by atoms with Gasteiger partial charge in [0.2, 0.25) is 5.91 Å². The van der Waals surface area contributed by atoms with Crippen molar-refractivity contribution in [2.24, 2.45) is 11.8 Å². The topological polar surface area (TPSA) is 89.9 Å². The summed E-state index contributed by atoms with van der Waals surface area (Å²) in [7, 11) is 0. The molecule has 1 aliphatic heterocycles. The van der Waals surface area contributed by atoms with Crippen LogP contribution in [0.4, 0.5) is 0 Å². The first-order chi connectivity index (χ1) is 12.3. The maximum atomic E-state index is 12.8. The van der Waals surface area contributed by atoms with Gasteiger partial charge in [-0.2, -0.15) is 0 Å². The number of hydroxylamine groups is 1. The van der Waals surface area contributed by atoms with E-state index in [1.54, 1.807) is 4.90 Å². The molecule has 0 saturated heterocycles. The average Bonchev–Trinajstić information content (AvgIpc) is 2.65. The van der Waals surface area contributed by atoms with Gasteiger partial charge in [0.25, 0.3) is 5.91 Å². The first-order valence-electron chi connectivity index (χ1n) is 8.69. The van der Waals surface area contributed by atoms with Crippen LogP contribution < -0.4 is 5.48 Å². The van der Waals surface area contributed by atoms with E-state index in [1.165, 1.54) is 5.48 Å². The fraction of sp³-hybridized carbons (Fsp3) is 0.474. The van der Waals surface area contributed by atoms with Crippen LogP contribution in [-0.2, 0) is 9.59 Å². The lowest BCUT2D eigenvalue weighted by Gasteiger charge is -2.32. The van der Waals surface area contributed by atoms with Gasteiger partial charge in [-0.05, 0) is 42.0 Å². The minimum Gasteiger partial charge on any atom is -0.382 e. The minimum atomic E-state index is -1.57. The predicted octanol–water partition coefficient (Wildman–Crippen LogP) is 2.48. The zero-order valence-electron chi connectivity index (χ0n) is 15.0. The lowest BCUT2D eigenvalue weighted by atomic mass is 9.89. The van der Waals surface area contributed by atoms with Gasteiger partial charge in [-0.1, -0.05) is 43.7 Å². The third-order valence-electron chi connectivity index (χ3n) is 4.54. The van der Waals surface area contributed by atoms with Crippen molar-refractivity contribution < 1.29 is 19.9 Å². The van der Waals surface area contributed by atoms with Crippen molar-refractivity contribution in [3.8, 4) is 0 Å². The third kappa shape index (κ3) is 5.06. The molecular formula is C19H25ClN2O4. The Morgan fingerprint density at radius 2 is 1.92 bits per heavy atom. The molecule has 1 heterocycles. The maximum Gasteiger partial charge on any atom is 0.272 e. The first-order valence-corrected chi connectivity index (χ1v) is 9.07. The highest BCUT2D eigenvalue weighted by Gasteiger charge is 2.35. The van der Waals surface area contributed by atoms with Crippen LogP contribution in [0.2, 0.25) is 5.02 Å². The van der Waals surface area contributed by atoms with Crippen LogP contribution in [0.25, 0.3) is 5.57 Å². The number of amides is 2. The summed E-state index contributed by atoms with van der Waals surface area (Å²) in [5.74, 6) is -2.00. The average molecular weight is 381 g/mol. The fourth-order valence-corrected chi connectivity index (χ4v) is 3.28. The van der Waals surface area contributed by atoms with Crippen molar-refractivity contribution in [1.29, 1.82) is 0 Å². The third-order valence-corrected chi connectivity index (χ3v) is 4.79. The number of nitrogens with zero attached hydrogens (tertiary/aromatic N) is 1. The van der Waals surface area contributed by atoms with E-state index in [9.17, 15) is 14.7 Å². The summed E-state index contributed by atoms with van der Waals surface area (Å²) in [6.45, 7) is 4.76. The lowest BCUT2D eigenvalue weighted by Crippen LogP contribution is -2.48. The Bertz CT molecular complexity index is 673. The van der Waals surface area contributed by atoms with Crippen LogP contribution in [0, 0.1) is 11.8 Å². The molecule has 2 rings (SSSR count). The molecule has 0 unspecified atom stereocenters. The normalized spacial score (nSPS) is 16.8. The highest BCUT2D eigenvalue weighted by Crippen LogP contribution is 2.26. The molecule has 1 aromatic rings. The van der Waals surface area contributed by atoms with Crippen molar-refractivity contribution >= 4 is 29.0 Å². The summed E-state index contributed by atoms with van der Waals surface area (Å²) in [6.07, 6.45) is 1.45. The maximum absolute atomic E-state index is 12.8. The monoisotopic (exact) mass is 380 g/mol. The molecule has 0 spiro atoms. The van der Waals surface area contributed by atoms with E-state index in [4.69, 9.17) is 16.8 Å². The zero-order chi connectivity index (χ0) is 19.3. The Kier molecular flexibility index (Phi) is 7.20. The molecule has 0 fully saturated rings. The Labute approximate surface area is 158 Å². The summed E-state index contributed by atoms with van der Waals surface area (Å²) in [5, 5.41) is 19.6. The quantitative estimate of drug-likeness (QED) is 0.522. The smallest absolute Gasteiger partial charge is 0.272 e. The Hall–Kier alpha value is -1.89. The summed E-state index contributed by atoms with van der Waals surface area (Å²) in [5.41, 5.74) is 3.64. The minimum absolute atomic E-state index is 0.120. The van der Waals surface area contributed by atoms with Gasteiger partial charge in [0.05, 0.1) is 5.92 Å². The van der Waals surface area contributed by atoms with Crippen LogP contribution in [0.15, 0.2) is 30.3 Å². The van der Waals surface area contributed by atoms with Crippen LogP contribution >= 0.6 is 11.6 Å². The van der Waals surface area contributed by atoms with Crippen LogP contribution in [-0.4, -0.2) is 46.2 Å². The van der Waals surface area contributed by atoms with Gasteiger partial charge in [-0.3, -0.25) is 14.8 Å². The molecule has 2 atom stereocenters. The summed E-state index contributed by atoms with van der Waals surface area (Å²) >= 11 is 5.91. The van der Waals surface area contributed by atoms with Crippen molar-refractivity contribution in [3.63, 3.8) is 0 Å². The van der Waals surface area contributed by atoms with Crippen LogP contribution in [0.3, 0.4) is 0 Å². The molecule has 0 bridgehead atoms. The predicted molar refractivity (Wildman–Crippen MR) is 99.5 cm³/mol. The standard InChI is InChI=1S/C19H25ClN2O4/c1-12(2)11-16(17(23)18(24)21-26)19(25)22-9-7-14(8-10-22)13-3-5-15(20)6-4-13/h3-7,12,16-17,23,26H,8-11H2,1-2H3,(H,21,24)/t16-,17+/m0/s1. The van der Waals surface area contributed by atoms with Crippen molar-refractivity contribution in [3.05, 3.63) is 40.9 Å². The van der Waals surface area contributed by atoms with Gasteiger partial charge in [-0.15, -0.1) is 0 Å². The molecule has 2 amide bonds. The molecule has 26 heavy (non-hydrogen) atoms. The van der Waals surface area contributed by atoms with Crippen molar-refractivity contribution in [2.45, 2.75) is 32.8 Å². The molecular weight excluding hydrogens is 356 g/mol. The Morgan fingerprint density at radius 3 is 2.42 bits per heavy atom. The number of aliphatic hydroxyl groups excluding tert-OH is 1. The molecule has 1 aliphatic rings. The Balaban J connectivity index is 2.10. The molecule has 6 nitrogen and oxygen atoms in total. The number of rotatable bonds is 6. The Morgan fingerprint density at radius 1 is 1.27 bits per heavy atom. The first kappa shape index (κ1) is 20.4. The fourth-order valence-electron chi connectivity index (χ4n) is 3.15. The number of nitrogens with one attached hydrogen (secondary N) is 1. The number of carbonyl (C=O) groups excluding carboxylic acids is 2. The molecule has 0 saturated carbocycles. The zero-order valence-corrected chi connectivity index (χ0v) is 15.7. The van der Waals surface area contributed by atoms with Gasteiger partial charge in [0, 0.05) is 18.1 Å². The molecule has 0 aliphatic carbocycles. The molecule has 0 radical (unpaired) electrons. The summed E-state index contributed by atoms with van der Waals surface area (Å²) in [6, 6.07) is 7.56. The SMILES string of the molecule is CC(C)C[C@H](C(=O)N1CC=C(c2ccc(Cl)cc2)CC1)[C@@H](O)C(=O)NO. The highest BCUT2D eigenvalue weighted by atomic mass is 35.5. The van der Waals surface area contributed by atoms with E-state index in [-0.39, 0.29) is 11.8 Å². The van der Waals surface area contributed by atoms with E-state index in [1.807, 2.05) is 44.2 Å². The van der Waals surface area contributed by atoms with Gasteiger partial charge in [0.15, 0.2) is 0 Å². The van der Waals surface area contributed by atoms with E-state index >= 15 is 0 Å². The number of halogens is 1. The van der Waals surface area contributed by atoms with E-state index in [0.29, 0.717) is 31.0 Å². The number of aliphatic hydroxyl groups is 1. The molecule has 1 aromatic carbocycles. The molecule has 142 valence electrons. The van der Waals surface area contributed by atoms with Gasteiger partial charge >= 0.3 is 0 Å². The number of carbonyl (C=O) groups is 2. The van der Waals surface area contributed by atoms with Crippen molar-refractivity contribution in [2.75, 3.05) is 13.1 Å². The van der Waals surface area contributed by atoms with Gasteiger partial charge in [-0.25, -0.2) is 5.48 Å². The van der Waals surface area contributed by atoms with Crippen LogP contribution in [0.5, 0.6) is 0 Å². The second-order valence-electron chi connectivity index (χ2n) is 6.93. The van der Waals surface area contributed by atoms with E-state index in [2.05, 4.69) is 0 Å². The molecule has 3 N–H and O–H groups in total. The second-order valence-corrected chi connectivity index (χ2v) is 7.36. The number of hydrogen-bond donors (Lipinski definition) is 3. The van der Waals surface area contributed by atoms with E-state index < -0.39 is 17.9 Å². The van der Waals surface area contributed by atoms with E-state index in [0.717, 1.165) is 11.1 Å². The largest absolute Gasteiger partial charge is 0.382 e. The highest BCUT2D eigenvalue weighted by molar-refractivity contribution is 6.30. The lowest BCUT2D eigenvalue weighted by molar-refractivity contribution is -0.150. The summed E-state index contributed by atoms with van der Waals surface area (Å²) < 4.78 is 0. The summed E-state index contributed by atoms with van der Waals surface area (Å²) in [4.78, 5) is 26.1. The number of benzene rings is 1. The molecule has 7 heteroatoms. The van der Waals surface area contributed by atoms with Gasteiger partial charge < -0.3 is 10.0 Å². The van der Waals surface area contributed by atoms with Gasteiger partial charge in [0.1, 0.15) is 6.10 Å². The second kappa shape index (κ2) is 9.16. The number of hydrogen-bond acceptors (Lipinski definition) is 4.